The van der Waals surface area contributed by atoms with Gasteiger partial charge in [-0.3, -0.25) is 0 Å². The van der Waals surface area contributed by atoms with Crippen LogP contribution in [0.2, 0.25) is 18.1 Å². The molecule has 6 heteroatoms. The third-order valence-electron chi connectivity index (χ3n) is 4.53. The van der Waals surface area contributed by atoms with E-state index in [9.17, 15) is 5.11 Å². The molecule has 5 nitrogen and oxygen atoms in total. The summed E-state index contributed by atoms with van der Waals surface area (Å²) in [6.07, 6.45) is -1.99. The largest absolute Gasteiger partial charge is 0.414 e. The second-order valence-corrected chi connectivity index (χ2v) is 12.5. The smallest absolute Gasteiger partial charge is 0.192 e. The minimum absolute atomic E-state index is 0.140. The van der Waals surface area contributed by atoms with Crippen LogP contribution in [0.25, 0.3) is 0 Å². The van der Waals surface area contributed by atoms with Gasteiger partial charge in [-0.05, 0) is 32.0 Å². The number of ether oxygens (including phenoxy) is 3. The maximum absolute atomic E-state index is 10.3. The van der Waals surface area contributed by atoms with Gasteiger partial charge in [0.25, 0.3) is 0 Å². The summed E-state index contributed by atoms with van der Waals surface area (Å²) >= 11 is 0. The molecule has 0 spiro atoms. The molecule has 20 heavy (non-hydrogen) atoms. The van der Waals surface area contributed by atoms with Crippen molar-refractivity contribution in [2.24, 2.45) is 0 Å². The van der Waals surface area contributed by atoms with Gasteiger partial charge in [-0.2, -0.15) is 0 Å². The van der Waals surface area contributed by atoms with E-state index >= 15 is 0 Å². The zero-order chi connectivity index (χ0) is 15.3. The monoisotopic (exact) mass is 304 g/mol. The fraction of sp³-hybridized carbons (Fsp3) is 1.00. The van der Waals surface area contributed by atoms with E-state index in [0.717, 1.165) is 0 Å². The molecule has 0 unspecified atom stereocenters. The van der Waals surface area contributed by atoms with Gasteiger partial charge in [-0.25, -0.2) is 0 Å². The summed E-state index contributed by atoms with van der Waals surface area (Å²) in [5.41, 5.74) is 0. The number of aliphatic hydroxyl groups excluding tert-OH is 1. The number of aliphatic hydroxyl groups is 1. The molecule has 4 atom stereocenters. The van der Waals surface area contributed by atoms with E-state index in [1.165, 1.54) is 0 Å². The summed E-state index contributed by atoms with van der Waals surface area (Å²) < 4.78 is 23.1. The maximum atomic E-state index is 10.3. The van der Waals surface area contributed by atoms with Gasteiger partial charge >= 0.3 is 0 Å². The van der Waals surface area contributed by atoms with E-state index in [1.54, 1.807) is 0 Å². The van der Waals surface area contributed by atoms with Crippen LogP contribution in [0.3, 0.4) is 0 Å². The van der Waals surface area contributed by atoms with Gasteiger partial charge in [0.05, 0.1) is 6.61 Å². The van der Waals surface area contributed by atoms with Gasteiger partial charge in [0.1, 0.15) is 18.3 Å². The lowest BCUT2D eigenvalue weighted by atomic mass is 10.1. The Bertz CT molecular complexity index is 363. The van der Waals surface area contributed by atoms with E-state index in [-0.39, 0.29) is 11.1 Å². The SMILES string of the molecule is CC1(C)O[C@@H]2O[C@H](CO[Si](C)(C)C(C)(C)C)[C@@H](O)[C@@H]2O1. The molecule has 118 valence electrons. The molecule has 0 aromatic heterocycles. The fourth-order valence-corrected chi connectivity index (χ4v) is 3.22. The second kappa shape index (κ2) is 5.03. The molecule has 2 saturated heterocycles. The van der Waals surface area contributed by atoms with Crippen LogP contribution < -0.4 is 0 Å². The van der Waals surface area contributed by atoms with E-state index in [0.29, 0.717) is 6.61 Å². The molecule has 2 fully saturated rings. The van der Waals surface area contributed by atoms with Crippen molar-refractivity contribution in [1.82, 2.24) is 0 Å². The average Bonchev–Trinajstić information content (AvgIpc) is 2.69. The molecule has 0 saturated carbocycles. The number of rotatable bonds is 3. The molecule has 2 rings (SSSR count). The molecule has 0 aromatic carbocycles. The third-order valence-corrected chi connectivity index (χ3v) is 9.03. The predicted molar refractivity (Wildman–Crippen MR) is 77.9 cm³/mol. The van der Waals surface area contributed by atoms with Crippen LogP contribution in [0.1, 0.15) is 34.6 Å². The van der Waals surface area contributed by atoms with E-state index in [2.05, 4.69) is 33.9 Å². The van der Waals surface area contributed by atoms with Crippen molar-refractivity contribution in [2.75, 3.05) is 6.61 Å². The highest BCUT2D eigenvalue weighted by atomic mass is 28.4. The van der Waals surface area contributed by atoms with Crippen molar-refractivity contribution in [3.63, 3.8) is 0 Å². The van der Waals surface area contributed by atoms with Crippen LogP contribution in [0.15, 0.2) is 0 Å². The Kier molecular flexibility index (Phi) is 4.13. The van der Waals surface area contributed by atoms with Crippen LogP contribution in [0, 0.1) is 0 Å². The predicted octanol–water partition coefficient (Wildman–Crippen LogP) is 2.25. The Morgan fingerprint density at radius 3 is 2.30 bits per heavy atom. The maximum Gasteiger partial charge on any atom is 0.192 e. The molecule has 0 radical (unpaired) electrons. The molecule has 2 aliphatic heterocycles. The summed E-state index contributed by atoms with van der Waals surface area (Å²) in [5.74, 6) is -0.693. The second-order valence-electron chi connectivity index (χ2n) is 7.70. The first-order valence-corrected chi connectivity index (χ1v) is 10.2. The molecule has 0 amide bonds. The van der Waals surface area contributed by atoms with Crippen LogP contribution >= 0.6 is 0 Å². The first kappa shape index (κ1) is 16.4. The lowest BCUT2D eigenvalue weighted by Gasteiger charge is -2.37. The standard InChI is InChI=1S/C14H28O5Si/c1-13(2,3)20(6,7)16-8-9-10(15)11-12(17-9)19-14(4,5)18-11/h9-12,15H,8H2,1-7H3/t9-,10-,11+,12+/m1/s1. The summed E-state index contributed by atoms with van der Waals surface area (Å²) in [7, 11) is -1.84. The van der Waals surface area contributed by atoms with Crippen molar-refractivity contribution < 1.29 is 23.7 Å². The third kappa shape index (κ3) is 3.10. The first-order chi connectivity index (χ1) is 8.93. The topological polar surface area (TPSA) is 57.2 Å². The van der Waals surface area contributed by atoms with Gasteiger partial charge in [-0.15, -0.1) is 0 Å². The highest BCUT2D eigenvalue weighted by Crippen LogP contribution is 2.40. The van der Waals surface area contributed by atoms with Gasteiger partial charge in [-0.1, -0.05) is 20.8 Å². The minimum Gasteiger partial charge on any atom is -0.414 e. The van der Waals surface area contributed by atoms with Crippen LogP contribution in [0.5, 0.6) is 0 Å². The number of fused-ring (bicyclic) bond motifs is 1. The van der Waals surface area contributed by atoms with Crippen LogP contribution in [0.4, 0.5) is 0 Å². The Morgan fingerprint density at radius 2 is 1.80 bits per heavy atom. The van der Waals surface area contributed by atoms with Gasteiger partial charge < -0.3 is 23.7 Å². The van der Waals surface area contributed by atoms with E-state index in [4.69, 9.17) is 18.6 Å². The Balaban J connectivity index is 1.91. The molecule has 0 bridgehead atoms. The number of hydrogen-bond acceptors (Lipinski definition) is 5. The number of hydrogen-bond donors (Lipinski definition) is 1. The van der Waals surface area contributed by atoms with Crippen molar-refractivity contribution >= 4 is 8.32 Å². The average molecular weight is 304 g/mol. The Morgan fingerprint density at radius 1 is 1.20 bits per heavy atom. The molecule has 1 N–H and O–H groups in total. The summed E-state index contributed by atoms with van der Waals surface area (Å²) in [5, 5.41) is 10.4. The first-order valence-electron chi connectivity index (χ1n) is 7.26. The fourth-order valence-electron chi connectivity index (χ4n) is 2.20. The Labute approximate surface area is 122 Å². The highest BCUT2D eigenvalue weighted by molar-refractivity contribution is 6.74. The molecule has 2 aliphatic rings. The quantitative estimate of drug-likeness (QED) is 0.810. The normalized spacial score (nSPS) is 37.2. The molecule has 2 heterocycles. The van der Waals surface area contributed by atoms with Crippen LogP contribution in [-0.2, 0) is 18.6 Å². The van der Waals surface area contributed by atoms with Crippen molar-refractivity contribution in [3.8, 4) is 0 Å². The van der Waals surface area contributed by atoms with Crippen LogP contribution in [-0.4, -0.2) is 50.4 Å². The zero-order valence-corrected chi connectivity index (χ0v) is 14.6. The lowest BCUT2D eigenvalue weighted by molar-refractivity contribution is -0.217. The molecule has 0 aliphatic carbocycles. The van der Waals surface area contributed by atoms with Gasteiger partial charge in [0.2, 0.25) is 0 Å². The molecular weight excluding hydrogens is 276 g/mol. The Hall–Kier alpha value is 0.0169. The summed E-state index contributed by atoms with van der Waals surface area (Å²) in [6.45, 7) is 15.0. The van der Waals surface area contributed by atoms with E-state index < -0.39 is 32.6 Å². The van der Waals surface area contributed by atoms with Gasteiger partial charge in [0, 0.05) is 0 Å². The van der Waals surface area contributed by atoms with E-state index in [1.807, 2.05) is 13.8 Å². The van der Waals surface area contributed by atoms with Gasteiger partial charge in [0.15, 0.2) is 20.4 Å². The zero-order valence-electron chi connectivity index (χ0n) is 13.6. The minimum atomic E-state index is -1.84. The molecule has 0 aromatic rings. The summed E-state index contributed by atoms with van der Waals surface area (Å²) in [6, 6.07) is 0. The van der Waals surface area contributed by atoms with Crippen molar-refractivity contribution in [1.29, 1.82) is 0 Å². The lowest BCUT2D eigenvalue weighted by Crippen LogP contribution is -2.45. The summed E-state index contributed by atoms with van der Waals surface area (Å²) in [4.78, 5) is 0. The molecular formula is C14H28O5Si. The van der Waals surface area contributed by atoms with Crippen molar-refractivity contribution in [2.45, 2.75) is 83.1 Å². The van der Waals surface area contributed by atoms with Crippen molar-refractivity contribution in [3.05, 3.63) is 0 Å². The highest BCUT2D eigenvalue weighted by Gasteiger charge is 2.54.